The Hall–Kier alpha value is -2.18. The Bertz CT molecular complexity index is 826. The van der Waals surface area contributed by atoms with E-state index in [0.29, 0.717) is 31.7 Å². The van der Waals surface area contributed by atoms with Crippen LogP contribution in [-0.2, 0) is 10.0 Å². The van der Waals surface area contributed by atoms with E-state index < -0.39 is 10.0 Å². The smallest absolute Gasteiger partial charge is 0.253 e. The molecule has 126 valence electrons. The summed E-state index contributed by atoms with van der Waals surface area (Å²) in [5.41, 5.74) is 2.69. The second-order valence-corrected chi connectivity index (χ2v) is 7.88. The van der Waals surface area contributed by atoms with Crippen LogP contribution in [0.1, 0.15) is 10.4 Å². The van der Waals surface area contributed by atoms with Gasteiger partial charge >= 0.3 is 0 Å². The van der Waals surface area contributed by atoms with E-state index in [4.69, 9.17) is 0 Å². The van der Waals surface area contributed by atoms with E-state index in [0.717, 1.165) is 11.1 Å². The van der Waals surface area contributed by atoms with Gasteiger partial charge in [-0.1, -0.05) is 42.5 Å². The second-order valence-electron chi connectivity index (χ2n) is 5.90. The van der Waals surface area contributed by atoms with Gasteiger partial charge in [0.25, 0.3) is 5.91 Å². The molecule has 3 rings (SSSR count). The third kappa shape index (κ3) is 3.66. The summed E-state index contributed by atoms with van der Waals surface area (Å²) in [6.45, 7) is 1.54. The van der Waals surface area contributed by atoms with E-state index in [9.17, 15) is 13.2 Å². The quantitative estimate of drug-likeness (QED) is 0.856. The van der Waals surface area contributed by atoms with Gasteiger partial charge in [0.2, 0.25) is 10.0 Å². The van der Waals surface area contributed by atoms with Gasteiger partial charge in [-0.05, 0) is 23.3 Å². The van der Waals surface area contributed by atoms with Crippen LogP contribution in [0.5, 0.6) is 0 Å². The number of sulfonamides is 1. The molecule has 2 aromatic carbocycles. The number of carbonyl (C=O) groups excluding carboxylic acids is 1. The minimum atomic E-state index is -3.19. The van der Waals surface area contributed by atoms with Crippen molar-refractivity contribution in [3.8, 4) is 11.1 Å². The van der Waals surface area contributed by atoms with Gasteiger partial charge in [0.15, 0.2) is 0 Å². The van der Waals surface area contributed by atoms with Crippen molar-refractivity contribution in [2.24, 2.45) is 0 Å². The van der Waals surface area contributed by atoms with Gasteiger partial charge in [-0.3, -0.25) is 4.79 Å². The lowest BCUT2D eigenvalue weighted by Crippen LogP contribution is -2.50. The van der Waals surface area contributed by atoms with Crippen molar-refractivity contribution in [3.63, 3.8) is 0 Å². The molecule has 0 radical (unpaired) electrons. The van der Waals surface area contributed by atoms with Crippen molar-refractivity contribution < 1.29 is 13.2 Å². The fourth-order valence-electron chi connectivity index (χ4n) is 2.87. The molecule has 1 aliphatic rings. The van der Waals surface area contributed by atoms with E-state index in [1.54, 1.807) is 11.0 Å². The minimum Gasteiger partial charge on any atom is -0.336 e. The number of nitrogens with zero attached hydrogens (tertiary/aromatic N) is 2. The molecule has 0 bridgehead atoms. The number of benzene rings is 2. The van der Waals surface area contributed by atoms with E-state index in [2.05, 4.69) is 0 Å². The molecular weight excluding hydrogens is 324 g/mol. The summed E-state index contributed by atoms with van der Waals surface area (Å²) in [5.74, 6) is -0.0547. The molecule has 0 spiro atoms. The summed E-state index contributed by atoms with van der Waals surface area (Å²) in [6, 6.07) is 17.5. The van der Waals surface area contributed by atoms with Crippen LogP contribution in [0.15, 0.2) is 54.6 Å². The fourth-order valence-corrected chi connectivity index (χ4v) is 3.69. The van der Waals surface area contributed by atoms with Gasteiger partial charge in [-0.25, -0.2) is 8.42 Å². The Kier molecular flexibility index (Phi) is 4.69. The predicted octanol–water partition coefficient (Wildman–Crippen LogP) is 2.07. The number of rotatable bonds is 3. The highest BCUT2D eigenvalue weighted by Crippen LogP contribution is 2.21. The van der Waals surface area contributed by atoms with Crippen molar-refractivity contribution in [2.75, 3.05) is 32.4 Å². The zero-order valence-electron chi connectivity index (χ0n) is 13.6. The molecule has 0 aromatic heterocycles. The number of piperazine rings is 1. The Labute approximate surface area is 142 Å². The van der Waals surface area contributed by atoms with Gasteiger partial charge < -0.3 is 4.90 Å². The first kappa shape index (κ1) is 16.7. The summed E-state index contributed by atoms with van der Waals surface area (Å²) in [6.07, 6.45) is 1.20. The highest BCUT2D eigenvalue weighted by molar-refractivity contribution is 7.88. The lowest BCUT2D eigenvalue weighted by Gasteiger charge is -2.33. The van der Waals surface area contributed by atoms with Crippen LogP contribution in [0.4, 0.5) is 0 Å². The van der Waals surface area contributed by atoms with Crippen LogP contribution in [0.2, 0.25) is 0 Å². The van der Waals surface area contributed by atoms with Crippen molar-refractivity contribution >= 4 is 15.9 Å². The highest BCUT2D eigenvalue weighted by atomic mass is 32.2. The molecule has 1 aliphatic heterocycles. The fraction of sp³-hybridized carbons (Fsp3) is 0.278. The summed E-state index contributed by atoms with van der Waals surface area (Å²) < 4.78 is 24.5. The summed E-state index contributed by atoms with van der Waals surface area (Å²) in [5, 5.41) is 0. The molecule has 0 unspecified atom stereocenters. The maximum Gasteiger partial charge on any atom is 0.253 e. The third-order valence-electron chi connectivity index (χ3n) is 4.21. The average molecular weight is 344 g/mol. The maximum atomic E-state index is 12.7. The molecule has 1 heterocycles. The van der Waals surface area contributed by atoms with E-state index >= 15 is 0 Å². The van der Waals surface area contributed by atoms with Crippen LogP contribution < -0.4 is 0 Å². The van der Waals surface area contributed by atoms with Crippen molar-refractivity contribution in [2.45, 2.75) is 0 Å². The monoisotopic (exact) mass is 344 g/mol. The molecule has 1 saturated heterocycles. The molecule has 0 saturated carbocycles. The van der Waals surface area contributed by atoms with Crippen LogP contribution >= 0.6 is 0 Å². The highest BCUT2D eigenvalue weighted by Gasteiger charge is 2.26. The summed E-state index contributed by atoms with van der Waals surface area (Å²) in [4.78, 5) is 14.4. The zero-order chi connectivity index (χ0) is 17.2. The lowest BCUT2D eigenvalue weighted by atomic mass is 10.0. The molecule has 1 amide bonds. The van der Waals surface area contributed by atoms with Crippen LogP contribution in [0.25, 0.3) is 11.1 Å². The van der Waals surface area contributed by atoms with Crippen molar-refractivity contribution in [3.05, 3.63) is 60.2 Å². The standard InChI is InChI=1S/C18H20N2O3S/c1-24(22,23)20-12-10-19(11-13-20)18(21)17-9-5-8-16(14-17)15-6-3-2-4-7-15/h2-9,14H,10-13H2,1H3. The molecule has 0 atom stereocenters. The van der Waals surface area contributed by atoms with E-state index in [-0.39, 0.29) is 5.91 Å². The zero-order valence-corrected chi connectivity index (χ0v) is 14.4. The molecule has 1 fully saturated rings. The second kappa shape index (κ2) is 6.75. The van der Waals surface area contributed by atoms with Gasteiger partial charge in [-0.15, -0.1) is 0 Å². The van der Waals surface area contributed by atoms with Gasteiger partial charge in [0, 0.05) is 31.7 Å². The number of hydrogen-bond acceptors (Lipinski definition) is 3. The van der Waals surface area contributed by atoms with Crippen LogP contribution in [0.3, 0.4) is 0 Å². The number of carbonyl (C=O) groups is 1. The summed E-state index contributed by atoms with van der Waals surface area (Å²) >= 11 is 0. The molecule has 0 aliphatic carbocycles. The Balaban J connectivity index is 1.75. The third-order valence-corrected chi connectivity index (χ3v) is 5.51. The first-order valence-corrected chi connectivity index (χ1v) is 9.70. The van der Waals surface area contributed by atoms with Gasteiger partial charge in [-0.2, -0.15) is 4.31 Å². The first-order chi connectivity index (χ1) is 11.4. The molecule has 2 aromatic rings. The molecule has 24 heavy (non-hydrogen) atoms. The number of amides is 1. The Morgan fingerprint density at radius 2 is 1.50 bits per heavy atom. The van der Waals surface area contributed by atoms with Gasteiger partial charge in [0.1, 0.15) is 0 Å². The Morgan fingerprint density at radius 1 is 0.875 bits per heavy atom. The largest absolute Gasteiger partial charge is 0.336 e. The SMILES string of the molecule is CS(=O)(=O)N1CCN(C(=O)c2cccc(-c3ccccc3)c2)CC1. The molecule has 0 N–H and O–H groups in total. The first-order valence-electron chi connectivity index (χ1n) is 7.85. The molecule has 6 heteroatoms. The maximum absolute atomic E-state index is 12.7. The van der Waals surface area contributed by atoms with Crippen molar-refractivity contribution in [1.29, 1.82) is 0 Å². The Morgan fingerprint density at radius 3 is 2.12 bits per heavy atom. The predicted molar refractivity (Wildman–Crippen MR) is 94.2 cm³/mol. The minimum absolute atomic E-state index is 0.0547. The lowest BCUT2D eigenvalue weighted by molar-refractivity contribution is 0.0698. The molecule has 5 nitrogen and oxygen atoms in total. The van der Waals surface area contributed by atoms with E-state index in [1.165, 1.54) is 10.6 Å². The van der Waals surface area contributed by atoms with Crippen LogP contribution in [0, 0.1) is 0 Å². The van der Waals surface area contributed by atoms with Gasteiger partial charge in [0.05, 0.1) is 6.26 Å². The average Bonchev–Trinajstić information content (AvgIpc) is 2.61. The van der Waals surface area contributed by atoms with Crippen molar-refractivity contribution in [1.82, 2.24) is 9.21 Å². The molecular formula is C18H20N2O3S. The normalized spacial score (nSPS) is 16.1. The topological polar surface area (TPSA) is 57.7 Å². The van der Waals surface area contributed by atoms with Crippen LogP contribution in [-0.4, -0.2) is 56.0 Å². The summed E-state index contributed by atoms with van der Waals surface area (Å²) in [7, 11) is -3.19. The van der Waals surface area contributed by atoms with E-state index in [1.807, 2.05) is 48.5 Å². The number of hydrogen-bond donors (Lipinski definition) is 0.